The Bertz CT molecular complexity index is 131. The van der Waals surface area contributed by atoms with Gasteiger partial charge < -0.3 is 16.2 Å². The van der Waals surface area contributed by atoms with Crippen molar-refractivity contribution in [1.29, 1.82) is 0 Å². The molecule has 0 saturated carbocycles. The third-order valence-corrected chi connectivity index (χ3v) is 1.45. The van der Waals surface area contributed by atoms with E-state index in [1.54, 1.807) is 0 Å². The maximum atomic E-state index is 10.4. The summed E-state index contributed by atoms with van der Waals surface area (Å²) in [4.78, 5) is 10.4. The van der Waals surface area contributed by atoms with Gasteiger partial charge in [0, 0.05) is 6.54 Å². The monoisotopic (exact) mass is 166 g/mol. The van der Waals surface area contributed by atoms with Gasteiger partial charge in [0.1, 0.15) is 0 Å². The fraction of sp³-hybridized carbons (Fsp3) is 0.800. The number of nitrogens with two attached hydrogens (primary N) is 1. The van der Waals surface area contributed by atoms with Crippen molar-refractivity contribution in [3.63, 3.8) is 0 Å². The van der Waals surface area contributed by atoms with Crippen LogP contribution in [-0.4, -0.2) is 29.7 Å². The molecule has 0 bridgehead atoms. The number of carbonyl (C=O) groups is 1. The minimum atomic E-state index is -0.400. The van der Waals surface area contributed by atoms with Gasteiger partial charge in [-0.15, -0.1) is 12.4 Å². The topological polar surface area (TPSA) is 75.4 Å². The highest BCUT2D eigenvalue weighted by Crippen LogP contribution is 2.04. The average Bonchev–Trinajstić information content (AvgIpc) is 2.14. The molecule has 4 nitrogen and oxygen atoms in total. The van der Waals surface area contributed by atoms with Crippen molar-refractivity contribution < 1.29 is 9.90 Å². The standard InChI is InChI=1S/C5H10N2O2.ClH/c6-5(9)4-1-3(8)2-7-4;/h3-4,7-8H,1-2H2,(H2,6,9);1H/t3?,4-;/m1./s1. The highest BCUT2D eigenvalue weighted by atomic mass is 35.5. The molecule has 0 spiro atoms. The van der Waals surface area contributed by atoms with E-state index in [-0.39, 0.29) is 24.4 Å². The minimum absolute atomic E-state index is 0. The summed E-state index contributed by atoms with van der Waals surface area (Å²) < 4.78 is 0. The number of aliphatic hydroxyl groups is 1. The third kappa shape index (κ3) is 2.13. The van der Waals surface area contributed by atoms with Crippen LogP contribution in [0, 0.1) is 0 Å². The highest BCUT2D eigenvalue weighted by molar-refractivity contribution is 5.85. The van der Waals surface area contributed by atoms with Gasteiger partial charge in [0.15, 0.2) is 0 Å². The van der Waals surface area contributed by atoms with Gasteiger partial charge in [-0.2, -0.15) is 0 Å². The molecule has 1 aliphatic heterocycles. The van der Waals surface area contributed by atoms with Crippen molar-refractivity contribution in [1.82, 2.24) is 5.32 Å². The summed E-state index contributed by atoms with van der Waals surface area (Å²) in [5.74, 6) is -0.383. The third-order valence-electron chi connectivity index (χ3n) is 1.45. The van der Waals surface area contributed by atoms with Crippen molar-refractivity contribution in [2.45, 2.75) is 18.6 Å². The largest absolute Gasteiger partial charge is 0.392 e. The molecule has 1 heterocycles. The Balaban J connectivity index is 0.000000810. The Hall–Kier alpha value is -0.320. The molecule has 0 aliphatic carbocycles. The maximum Gasteiger partial charge on any atom is 0.234 e. The van der Waals surface area contributed by atoms with Crippen LogP contribution in [0.2, 0.25) is 0 Å². The highest BCUT2D eigenvalue weighted by Gasteiger charge is 2.25. The lowest BCUT2D eigenvalue weighted by molar-refractivity contribution is -0.119. The first-order valence-electron chi connectivity index (χ1n) is 2.91. The summed E-state index contributed by atoms with van der Waals surface area (Å²) in [5.41, 5.74) is 4.95. The van der Waals surface area contributed by atoms with E-state index < -0.39 is 6.10 Å². The molecule has 1 unspecified atom stereocenters. The first-order valence-corrected chi connectivity index (χ1v) is 2.91. The lowest BCUT2D eigenvalue weighted by Crippen LogP contribution is -2.36. The van der Waals surface area contributed by atoms with E-state index in [0.29, 0.717) is 13.0 Å². The van der Waals surface area contributed by atoms with Crippen LogP contribution in [0.5, 0.6) is 0 Å². The smallest absolute Gasteiger partial charge is 0.234 e. The predicted octanol–water partition coefficient (Wildman–Crippen LogP) is -1.38. The van der Waals surface area contributed by atoms with Gasteiger partial charge in [0.25, 0.3) is 0 Å². The van der Waals surface area contributed by atoms with Crippen LogP contribution in [-0.2, 0) is 4.79 Å². The van der Waals surface area contributed by atoms with Gasteiger partial charge in [0.2, 0.25) is 5.91 Å². The molecule has 1 fully saturated rings. The predicted molar refractivity (Wildman–Crippen MR) is 38.9 cm³/mol. The SMILES string of the molecule is Cl.NC(=O)[C@H]1CC(O)CN1. The van der Waals surface area contributed by atoms with Crippen LogP contribution in [0.15, 0.2) is 0 Å². The zero-order chi connectivity index (χ0) is 6.85. The maximum absolute atomic E-state index is 10.4. The Morgan fingerprint density at radius 2 is 2.30 bits per heavy atom. The normalized spacial score (nSPS) is 31.3. The summed E-state index contributed by atoms with van der Waals surface area (Å²) in [6.07, 6.45) is 0.0532. The fourth-order valence-corrected chi connectivity index (χ4v) is 0.934. The summed E-state index contributed by atoms with van der Waals surface area (Å²) >= 11 is 0. The molecule has 0 aromatic heterocycles. The van der Waals surface area contributed by atoms with Crippen LogP contribution >= 0.6 is 12.4 Å². The van der Waals surface area contributed by atoms with Gasteiger partial charge in [-0.3, -0.25) is 4.79 Å². The van der Waals surface area contributed by atoms with Crippen LogP contribution in [0.1, 0.15) is 6.42 Å². The van der Waals surface area contributed by atoms with E-state index in [4.69, 9.17) is 10.8 Å². The summed E-state index contributed by atoms with van der Waals surface area (Å²) in [7, 11) is 0. The zero-order valence-electron chi connectivity index (χ0n) is 5.41. The van der Waals surface area contributed by atoms with Crippen LogP contribution in [0.4, 0.5) is 0 Å². The minimum Gasteiger partial charge on any atom is -0.392 e. The summed E-state index contributed by atoms with van der Waals surface area (Å²) in [6, 6.07) is -0.319. The number of β-amino-alcohol motifs (C(OH)–C–C–N with tert-alkyl or cyclic N) is 1. The van der Waals surface area contributed by atoms with Gasteiger partial charge in [-0.25, -0.2) is 0 Å². The molecular formula is C5H11ClN2O2. The number of rotatable bonds is 1. The summed E-state index contributed by atoms with van der Waals surface area (Å²) in [6.45, 7) is 0.480. The van der Waals surface area contributed by atoms with Gasteiger partial charge in [-0.05, 0) is 6.42 Å². The number of nitrogens with one attached hydrogen (secondary N) is 1. The Morgan fingerprint density at radius 3 is 2.50 bits per heavy atom. The lowest BCUT2D eigenvalue weighted by atomic mass is 10.2. The fourth-order valence-electron chi connectivity index (χ4n) is 0.934. The number of primary amides is 1. The zero-order valence-corrected chi connectivity index (χ0v) is 6.23. The molecule has 1 amide bonds. The van der Waals surface area contributed by atoms with Gasteiger partial charge in [-0.1, -0.05) is 0 Å². The molecule has 0 aromatic rings. The van der Waals surface area contributed by atoms with E-state index in [0.717, 1.165) is 0 Å². The number of halogens is 1. The van der Waals surface area contributed by atoms with Crippen LogP contribution in [0.25, 0.3) is 0 Å². The molecular weight excluding hydrogens is 156 g/mol. The first kappa shape index (κ1) is 9.68. The van der Waals surface area contributed by atoms with Gasteiger partial charge >= 0.3 is 0 Å². The van der Waals surface area contributed by atoms with E-state index in [2.05, 4.69) is 5.32 Å². The molecule has 4 N–H and O–H groups in total. The Kier molecular flexibility index (Phi) is 3.63. The van der Waals surface area contributed by atoms with E-state index in [1.807, 2.05) is 0 Å². The summed E-state index contributed by atoms with van der Waals surface area (Å²) in [5, 5.41) is 11.7. The molecule has 1 rings (SSSR count). The van der Waals surface area contributed by atoms with Crippen molar-refractivity contribution in [2.24, 2.45) is 5.73 Å². The first-order chi connectivity index (χ1) is 4.20. The second-order valence-electron chi connectivity index (χ2n) is 2.25. The molecule has 2 atom stereocenters. The molecule has 0 aromatic carbocycles. The van der Waals surface area contributed by atoms with E-state index in [9.17, 15) is 4.79 Å². The molecule has 1 aliphatic rings. The van der Waals surface area contributed by atoms with Crippen LogP contribution < -0.4 is 11.1 Å². The molecule has 5 heteroatoms. The van der Waals surface area contributed by atoms with E-state index >= 15 is 0 Å². The molecule has 10 heavy (non-hydrogen) atoms. The van der Waals surface area contributed by atoms with E-state index in [1.165, 1.54) is 0 Å². The lowest BCUT2D eigenvalue weighted by Gasteiger charge is -2.01. The molecule has 1 saturated heterocycles. The second-order valence-corrected chi connectivity index (χ2v) is 2.25. The number of hydrogen-bond acceptors (Lipinski definition) is 3. The van der Waals surface area contributed by atoms with Crippen molar-refractivity contribution in [3.05, 3.63) is 0 Å². The Labute approximate surface area is 65.2 Å². The molecule has 60 valence electrons. The number of hydrogen-bond donors (Lipinski definition) is 3. The van der Waals surface area contributed by atoms with Crippen molar-refractivity contribution >= 4 is 18.3 Å². The average molecular weight is 167 g/mol. The van der Waals surface area contributed by atoms with Crippen LogP contribution in [0.3, 0.4) is 0 Å². The Morgan fingerprint density at radius 1 is 1.70 bits per heavy atom. The quantitative estimate of drug-likeness (QED) is 0.449. The van der Waals surface area contributed by atoms with Crippen molar-refractivity contribution in [3.8, 4) is 0 Å². The van der Waals surface area contributed by atoms with Gasteiger partial charge in [0.05, 0.1) is 12.1 Å². The number of aliphatic hydroxyl groups excluding tert-OH is 1. The number of amides is 1. The number of carbonyl (C=O) groups excluding carboxylic acids is 1. The second kappa shape index (κ2) is 3.75. The van der Waals surface area contributed by atoms with Crippen molar-refractivity contribution in [2.75, 3.05) is 6.54 Å². The molecule has 0 radical (unpaired) electrons.